The Morgan fingerprint density at radius 1 is 1.27 bits per heavy atom. The molecular formula is C15H20N2O4S. The number of carbonyl (C=O) groups is 1. The number of likely N-dealkylation sites (tertiary alicyclic amines) is 1. The topological polar surface area (TPSA) is 75.7 Å². The number of amides is 2. The van der Waals surface area contributed by atoms with E-state index in [1.807, 2.05) is 31.2 Å². The molecule has 7 heteroatoms. The molecule has 1 aromatic rings. The van der Waals surface area contributed by atoms with Crippen molar-refractivity contribution >= 4 is 15.9 Å². The third-order valence-corrected chi connectivity index (χ3v) is 6.16. The van der Waals surface area contributed by atoms with Gasteiger partial charge in [-0.2, -0.15) is 0 Å². The number of rotatable bonds is 4. The first-order valence-electron chi connectivity index (χ1n) is 7.30. The normalized spacial score (nSPS) is 20.9. The maximum absolute atomic E-state index is 11.9. The summed E-state index contributed by atoms with van der Waals surface area (Å²) in [7, 11) is -2.83. The summed E-state index contributed by atoms with van der Waals surface area (Å²) < 4.78 is 27.9. The molecule has 0 unspecified atom stereocenters. The van der Waals surface area contributed by atoms with E-state index in [0.29, 0.717) is 26.2 Å². The maximum Gasteiger partial charge on any atom is 0.317 e. The molecule has 2 heterocycles. The highest BCUT2D eigenvalue weighted by molar-refractivity contribution is 7.92. The Morgan fingerprint density at radius 3 is 2.50 bits per heavy atom. The largest absolute Gasteiger partial charge is 0.492 e. The molecule has 2 amide bonds. The molecule has 0 aromatic heterocycles. The van der Waals surface area contributed by atoms with E-state index in [4.69, 9.17) is 4.74 Å². The summed E-state index contributed by atoms with van der Waals surface area (Å²) in [6.07, 6.45) is 0. The van der Waals surface area contributed by atoms with Gasteiger partial charge in [0.1, 0.15) is 12.4 Å². The first-order valence-corrected chi connectivity index (χ1v) is 9.12. The molecule has 1 N–H and O–H groups in total. The second-order valence-corrected chi connectivity index (χ2v) is 8.35. The fraction of sp³-hybridized carbons (Fsp3) is 0.533. The van der Waals surface area contributed by atoms with Crippen LogP contribution in [0.2, 0.25) is 0 Å². The van der Waals surface area contributed by atoms with Crippen LogP contribution < -0.4 is 10.1 Å². The smallest absolute Gasteiger partial charge is 0.317 e. The molecular weight excluding hydrogens is 304 g/mol. The lowest BCUT2D eigenvalue weighted by molar-refractivity contribution is 0.0548. The van der Waals surface area contributed by atoms with Crippen LogP contribution >= 0.6 is 0 Å². The minimum Gasteiger partial charge on any atom is -0.492 e. The molecule has 2 fully saturated rings. The number of ether oxygens (including phenoxy) is 1. The fourth-order valence-electron chi connectivity index (χ4n) is 3.05. The second kappa shape index (κ2) is 5.46. The second-order valence-electron chi connectivity index (χ2n) is 6.28. The summed E-state index contributed by atoms with van der Waals surface area (Å²) in [5.74, 6) is 1.23. The number of urea groups is 1. The Morgan fingerprint density at radius 2 is 1.91 bits per heavy atom. The van der Waals surface area contributed by atoms with E-state index in [9.17, 15) is 13.2 Å². The van der Waals surface area contributed by atoms with Crippen LogP contribution in [0.1, 0.15) is 5.56 Å². The van der Waals surface area contributed by atoms with E-state index < -0.39 is 9.84 Å². The lowest BCUT2D eigenvalue weighted by Gasteiger charge is -2.54. The van der Waals surface area contributed by atoms with Crippen LogP contribution in [0.25, 0.3) is 0 Å². The van der Waals surface area contributed by atoms with Crippen molar-refractivity contribution in [2.45, 2.75) is 6.92 Å². The maximum atomic E-state index is 11.9. The molecule has 2 saturated heterocycles. The number of aryl methyl sites for hydroxylation is 1. The number of hydrogen-bond donors (Lipinski definition) is 1. The molecule has 1 aromatic carbocycles. The molecule has 120 valence electrons. The predicted molar refractivity (Wildman–Crippen MR) is 82.7 cm³/mol. The summed E-state index contributed by atoms with van der Waals surface area (Å²) in [5.41, 5.74) is 1.01. The summed E-state index contributed by atoms with van der Waals surface area (Å²) in [6.45, 7) is 3.92. The van der Waals surface area contributed by atoms with Crippen molar-refractivity contribution in [1.82, 2.24) is 10.2 Å². The molecule has 0 aliphatic carbocycles. The van der Waals surface area contributed by atoms with Crippen LogP contribution in [0.3, 0.4) is 0 Å². The van der Waals surface area contributed by atoms with Crippen molar-refractivity contribution in [1.29, 1.82) is 0 Å². The van der Waals surface area contributed by atoms with Gasteiger partial charge < -0.3 is 15.0 Å². The fourth-order valence-corrected chi connectivity index (χ4v) is 5.20. The summed E-state index contributed by atoms with van der Waals surface area (Å²) >= 11 is 0. The van der Waals surface area contributed by atoms with Crippen LogP contribution in [0.4, 0.5) is 4.79 Å². The van der Waals surface area contributed by atoms with Gasteiger partial charge in [0.25, 0.3) is 0 Å². The SMILES string of the molecule is Cc1ccc(OCCNC(=O)N2CC3(C2)CS(=O)(=O)C3)cc1. The van der Waals surface area contributed by atoms with Gasteiger partial charge in [0.2, 0.25) is 0 Å². The van der Waals surface area contributed by atoms with Gasteiger partial charge in [0.05, 0.1) is 18.1 Å². The highest BCUT2D eigenvalue weighted by atomic mass is 32.2. The summed E-state index contributed by atoms with van der Waals surface area (Å²) in [6, 6.07) is 7.59. The van der Waals surface area contributed by atoms with Gasteiger partial charge >= 0.3 is 6.03 Å². The van der Waals surface area contributed by atoms with Crippen molar-refractivity contribution < 1.29 is 17.9 Å². The number of hydrogen-bond acceptors (Lipinski definition) is 4. The highest BCUT2D eigenvalue weighted by Gasteiger charge is 2.57. The highest BCUT2D eigenvalue weighted by Crippen LogP contribution is 2.41. The average molecular weight is 324 g/mol. The molecule has 2 aliphatic heterocycles. The average Bonchev–Trinajstić information content (AvgIpc) is 2.39. The third kappa shape index (κ3) is 3.19. The number of nitrogens with one attached hydrogen (secondary N) is 1. The number of benzene rings is 1. The van der Waals surface area contributed by atoms with E-state index in [1.54, 1.807) is 4.90 Å². The van der Waals surface area contributed by atoms with Crippen molar-refractivity contribution in [2.75, 3.05) is 37.7 Å². The van der Waals surface area contributed by atoms with Gasteiger partial charge in [-0.15, -0.1) is 0 Å². The van der Waals surface area contributed by atoms with Gasteiger partial charge in [-0.3, -0.25) is 0 Å². The van der Waals surface area contributed by atoms with E-state index in [1.165, 1.54) is 5.56 Å². The Kier molecular flexibility index (Phi) is 3.76. The van der Waals surface area contributed by atoms with Gasteiger partial charge in [-0.25, -0.2) is 13.2 Å². The van der Waals surface area contributed by atoms with Crippen LogP contribution in [0, 0.1) is 12.3 Å². The lowest BCUT2D eigenvalue weighted by atomic mass is 9.83. The monoisotopic (exact) mass is 324 g/mol. The van der Waals surface area contributed by atoms with Crippen LogP contribution in [0.5, 0.6) is 5.75 Å². The van der Waals surface area contributed by atoms with Gasteiger partial charge in [-0.1, -0.05) is 17.7 Å². The van der Waals surface area contributed by atoms with Gasteiger partial charge in [-0.05, 0) is 19.1 Å². The molecule has 3 rings (SSSR count). The molecule has 0 bridgehead atoms. The zero-order valence-corrected chi connectivity index (χ0v) is 13.4. The Balaban J connectivity index is 1.33. The van der Waals surface area contributed by atoms with E-state index in [2.05, 4.69) is 5.32 Å². The van der Waals surface area contributed by atoms with Gasteiger partial charge in [0, 0.05) is 18.5 Å². The molecule has 0 atom stereocenters. The van der Waals surface area contributed by atoms with E-state index in [-0.39, 0.29) is 23.0 Å². The van der Waals surface area contributed by atoms with Crippen molar-refractivity contribution in [2.24, 2.45) is 5.41 Å². The van der Waals surface area contributed by atoms with E-state index in [0.717, 1.165) is 5.75 Å². The predicted octanol–water partition coefficient (Wildman–Crippen LogP) is 0.814. The van der Waals surface area contributed by atoms with Crippen molar-refractivity contribution in [3.8, 4) is 5.75 Å². The van der Waals surface area contributed by atoms with Crippen molar-refractivity contribution in [3.05, 3.63) is 29.8 Å². The molecule has 0 saturated carbocycles. The molecule has 22 heavy (non-hydrogen) atoms. The first-order chi connectivity index (χ1) is 10.4. The zero-order chi connectivity index (χ0) is 15.8. The summed E-state index contributed by atoms with van der Waals surface area (Å²) in [4.78, 5) is 13.5. The first kappa shape index (κ1) is 15.1. The number of nitrogens with zero attached hydrogens (tertiary/aromatic N) is 1. The minimum absolute atomic E-state index is 0.151. The molecule has 6 nitrogen and oxygen atoms in total. The summed E-state index contributed by atoms with van der Waals surface area (Å²) in [5, 5.41) is 2.79. The molecule has 1 spiro atoms. The number of carbonyl (C=O) groups excluding carboxylic acids is 1. The quantitative estimate of drug-likeness (QED) is 0.832. The minimum atomic E-state index is -2.83. The lowest BCUT2D eigenvalue weighted by Crippen LogP contribution is -2.70. The van der Waals surface area contributed by atoms with Crippen LogP contribution in [-0.4, -0.2) is 57.1 Å². The van der Waals surface area contributed by atoms with Crippen LogP contribution in [-0.2, 0) is 9.84 Å². The standard InChI is InChI=1S/C15H20N2O4S/c1-12-2-4-13(5-3-12)21-7-6-16-14(18)17-8-15(9-17)10-22(19,20)11-15/h2-5H,6-11H2,1H3,(H,16,18). The Bertz CT molecular complexity index is 649. The Labute approximate surface area is 130 Å². The zero-order valence-electron chi connectivity index (χ0n) is 12.5. The molecule has 2 aliphatic rings. The van der Waals surface area contributed by atoms with E-state index >= 15 is 0 Å². The Hall–Kier alpha value is -1.76. The van der Waals surface area contributed by atoms with Crippen molar-refractivity contribution in [3.63, 3.8) is 0 Å². The number of sulfone groups is 1. The van der Waals surface area contributed by atoms with Gasteiger partial charge in [0.15, 0.2) is 9.84 Å². The van der Waals surface area contributed by atoms with Crippen LogP contribution in [0.15, 0.2) is 24.3 Å². The molecule has 0 radical (unpaired) electrons. The third-order valence-electron chi connectivity index (χ3n) is 4.06.